The molecule has 2 rings (SSSR count). The molecule has 2 aromatic carbocycles. The quantitative estimate of drug-likeness (QED) is 0.500. The van der Waals surface area contributed by atoms with Crippen molar-refractivity contribution in [1.29, 1.82) is 0 Å². The van der Waals surface area contributed by atoms with Gasteiger partial charge in [0.1, 0.15) is 12.4 Å². The zero-order valence-electron chi connectivity index (χ0n) is 12.0. The van der Waals surface area contributed by atoms with Gasteiger partial charge in [-0.2, -0.15) is 5.10 Å². The molecule has 0 fully saturated rings. The maximum atomic E-state index is 5.95. The Hall–Kier alpha value is -2.11. The Morgan fingerprint density at radius 1 is 1.27 bits per heavy atom. The molecular formula is C16H16ClN3OS. The van der Waals surface area contributed by atoms with Crippen LogP contribution < -0.4 is 15.5 Å². The molecule has 0 atom stereocenters. The van der Waals surface area contributed by atoms with Gasteiger partial charge >= 0.3 is 0 Å². The van der Waals surface area contributed by atoms with E-state index in [9.17, 15) is 0 Å². The second-order valence-corrected chi connectivity index (χ2v) is 5.28. The van der Waals surface area contributed by atoms with Crippen LogP contribution in [0.15, 0.2) is 53.6 Å². The summed E-state index contributed by atoms with van der Waals surface area (Å²) < 4.78 is 5.76. The fraction of sp³-hybridized carbons (Fsp3) is 0.125. The van der Waals surface area contributed by atoms with Crippen LogP contribution in [0.4, 0.5) is 0 Å². The number of nitrogens with one attached hydrogen (secondary N) is 2. The van der Waals surface area contributed by atoms with E-state index in [1.54, 1.807) is 13.3 Å². The number of hydrogen-bond donors (Lipinski definition) is 2. The van der Waals surface area contributed by atoms with Gasteiger partial charge in [0.05, 0.1) is 6.21 Å². The van der Waals surface area contributed by atoms with Gasteiger partial charge in [-0.15, -0.1) is 0 Å². The van der Waals surface area contributed by atoms with Crippen LogP contribution in [-0.4, -0.2) is 18.4 Å². The number of thiocarbonyl (C=S) groups is 1. The summed E-state index contributed by atoms with van der Waals surface area (Å²) in [5.41, 5.74) is 4.63. The minimum atomic E-state index is 0.462. The highest BCUT2D eigenvalue weighted by molar-refractivity contribution is 7.80. The molecule has 0 aliphatic rings. The van der Waals surface area contributed by atoms with Crippen molar-refractivity contribution in [2.24, 2.45) is 5.10 Å². The second kappa shape index (κ2) is 8.36. The van der Waals surface area contributed by atoms with Crippen molar-refractivity contribution in [2.75, 3.05) is 7.05 Å². The van der Waals surface area contributed by atoms with E-state index in [0.29, 0.717) is 16.7 Å². The highest BCUT2D eigenvalue weighted by atomic mass is 35.5. The first-order valence-electron chi connectivity index (χ1n) is 6.65. The van der Waals surface area contributed by atoms with E-state index in [1.165, 1.54) is 0 Å². The molecule has 22 heavy (non-hydrogen) atoms. The monoisotopic (exact) mass is 333 g/mol. The smallest absolute Gasteiger partial charge is 0.186 e. The zero-order valence-corrected chi connectivity index (χ0v) is 13.6. The molecule has 0 heterocycles. The molecule has 0 radical (unpaired) electrons. The van der Waals surface area contributed by atoms with Crippen LogP contribution in [0.3, 0.4) is 0 Å². The molecular weight excluding hydrogens is 318 g/mol. The van der Waals surface area contributed by atoms with E-state index >= 15 is 0 Å². The molecule has 0 aromatic heterocycles. The number of nitrogens with zero attached hydrogens (tertiary/aromatic N) is 1. The van der Waals surface area contributed by atoms with Gasteiger partial charge in [-0.05, 0) is 47.6 Å². The summed E-state index contributed by atoms with van der Waals surface area (Å²) in [6.07, 6.45) is 1.68. The predicted octanol–water partition coefficient (Wildman–Crippen LogP) is 3.35. The Morgan fingerprint density at radius 2 is 2.09 bits per heavy atom. The Kier molecular flexibility index (Phi) is 6.18. The van der Waals surface area contributed by atoms with Crippen LogP contribution >= 0.6 is 23.8 Å². The first kappa shape index (κ1) is 16.3. The molecule has 0 aliphatic heterocycles. The molecule has 0 saturated heterocycles. The molecule has 0 bridgehead atoms. The summed E-state index contributed by atoms with van der Waals surface area (Å²) in [4.78, 5) is 0. The van der Waals surface area contributed by atoms with Crippen molar-refractivity contribution in [3.63, 3.8) is 0 Å². The summed E-state index contributed by atoms with van der Waals surface area (Å²) >= 11 is 10.9. The normalized spacial score (nSPS) is 10.5. The van der Waals surface area contributed by atoms with Crippen LogP contribution in [0, 0.1) is 0 Å². The summed E-state index contributed by atoms with van der Waals surface area (Å²) in [7, 11) is 1.73. The third kappa shape index (κ3) is 5.35. The topological polar surface area (TPSA) is 45.7 Å². The van der Waals surface area contributed by atoms with E-state index < -0.39 is 0 Å². The predicted molar refractivity (Wildman–Crippen MR) is 94.6 cm³/mol. The molecule has 0 unspecified atom stereocenters. The molecule has 114 valence electrons. The number of rotatable bonds is 5. The minimum absolute atomic E-state index is 0.462. The van der Waals surface area contributed by atoms with Crippen molar-refractivity contribution in [2.45, 2.75) is 6.61 Å². The third-order valence-corrected chi connectivity index (χ3v) is 3.29. The van der Waals surface area contributed by atoms with Crippen LogP contribution in [0.1, 0.15) is 11.1 Å². The van der Waals surface area contributed by atoms with Gasteiger partial charge in [0.25, 0.3) is 0 Å². The van der Waals surface area contributed by atoms with Gasteiger partial charge in [-0.3, -0.25) is 5.43 Å². The minimum Gasteiger partial charge on any atom is -0.489 e. The van der Waals surface area contributed by atoms with Crippen molar-refractivity contribution >= 4 is 35.1 Å². The average molecular weight is 334 g/mol. The third-order valence-electron chi connectivity index (χ3n) is 2.76. The van der Waals surface area contributed by atoms with Crippen LogP contribution in [0.2, 0.25) is 5.02 Å². The van der Waals surface area contributed by atoms with Crippen molar-refractivity contribution < 1.29 is 4.74 Å². The zero-order chi connectivity index (χ0) is 15.8. The van der Waals surface area contributed by atoms with Gasteiger partial charge in [0.2, 0.25) is 0 Å². The standard InChI is InChI=1S/C16H16ClN3OS/c1-18-16(22)20-19-10-12-4-3-7-15(9-12)21-11-13-5-2-6-14(17)8-13/h2-10H,11H2,1H3,(H2,18,20,22). The van der Waals surface area contributed by atoms with E-state index in [4.69, 9.17) is 28.6 Å². The fourth-order valence-corrected chi connectivity index (χ4v) is 1.96. The van der Waals surface area contributed by atoms with Gasteiger partial charge in [-0.25, -0.2) is 0 Å². The number of hydrogen-bond acceptors (Lipinski definition) is 3. The van der Waals surface area contributed by atoms with Gasteiger partial charge < -0.3 is 10.1 Å². The summed E-state index contributed by atoms with van der Waals surface area (Å²) in [6, 6.07) is 15.2. The lowest BCUT2D eigenvalue weighted by molar-refractivity contribution is 0.306. The van der Waals surface area contributed by atoms with Crippen LogP contribution in [0.5, 0.6) is 5.75 Å². The largest absolute Gasteiger partial charge is 0.489 e. The molecule has 0 saturated carbocycles. The Bertz CT molecular complexity index is 676. The van der Waals surface area contributed by atoms with Crippen LogP contribution in [0.25, 0.3) is 0 Å². The van der Waals surface area contributed by atoms with E-state index in [-0.39, 0.29) is 0 Å². The Labute approximate surface area is 140 Å². The maximum absolute atomic E-state index is 5.95. The Balaban J connectivity index is 1.95. The number of ether oxygens (including phenoxy) is 1. The molecule has 2 N–H and O–H groups in total. The summed E-state index contributed by atoms with van der Waals surface area (Å²) in [6.45, 7) is 0.462. The first-order valence-corrected chi connectivity index (χ1v) is 7.44. The van der Waals surface area contributed by atoms with Crippen molar-refractivity contribution in [3.8, 4) is 5.75 Å². The van der Waals surface area contributed by atoms with Gasteiger partial charge in [0.15, 0.2) is 5.11 Å². The molecule has 0 spiro atoms. The highest BCUT2D eigenvalue weighted by Gasteiger charge is 1.98. The second-order valence-electron chi connectivity index (χ2n) is 4.44. The lowest BCUT2D eigenvalue weighted by Gasteiger charge is -2.07. The molecule has 6 heteroatoms. The van der Waals surface area contributed by atoms with E-state index in [2.05, 4.69) is 15.8 Å². The summed E-state index contributed by atoms with van der Waals surface area (Å²) in [5, 5.41) is 7.97. The first-order chi connectivity index (χ1) is 10.7. The number of halogens is 1. The average Bonchev–Trinajstić information content (AvgIpc) is 2.53. The van der Waals surface area contributed by atoms with Crippen LogP contribution in [-0.2, 0) is 6.61 Å². The molecule has 0 amide bonds. The highest BCUT2D eigenvalue weighted by Crippen LogP contribution is 2.16. The maximum Gasteiger partial charge on any atom is 0.186 e. The van der Waals surface area contributed by atoms with E-state index in [1.807, 2.05) is 48.5 Å². The SMILES string of the molecule is CNC(=S)NN=Cc1cccc(OCc2cccc(Cl)c2)c1. The van der Waals surface area contributed by atoms with E-state index in [0.717, 1.165) is 16.9 Å². The van der Waals surface area contributed by atoms with Gasteiger partial charge in [0, 0.05) is 12.1 Å². The van der Waals surface area contributed by atoms with Crippen molar-refractivity contribution in [3.05, 3.63) is 64.7 Å². The molecule has 2 aromatic rings. The number of benzene rings is 2. The Morgan fingerprint density at radius 3 is 2.86 bits per heavy atom. The lowest BCUT2D eigenvalue weighted by atomic mass is 10.2. The molecule has 4 nitrogen and oxygen atoms in total. The lowest BCUT2D eigenvalue weighted by Crippen LogP contribution is -2.28. The summed E-state index contributed by atoms with van der Waals surface area (Å²) in [5.74, 6) is 0.764. The fourth-order valence-electron chi connectivity index (χ4n) is 1.70. The number of hydrazone groups is 1. The molecule has 0 aliphatic carbocycles. The van der Waals surface area contributed by atoms with Gasteiger partial charge in [-0.1, -0.05) is 35.9 Å². The van der Waals surface area contributed by atoms with Crippen molar-refractivity contribution in [1.82, 2.24) is 10.7 Å².